The molecule has 2 heterocycles. The van der Waals surface area contributed by atoms with E-state index >= 15 is 0 Å². The second-order valence-electron chi connectivity index (χ2n) is 7.32. The molecule has 34 heavy (non-hydrogen) atoms. The first-order chi connectivity index (χ1) is 16.4. The van der Waals surface area contributed by atoms with Crippen molar-refractivity contribution in [3.63, 3.8) is 0 Å². The number of methoxy groups -OCH3 is 3. The highest BCUT2D eigenvalue weighted by Gasteiger charge is 2.19. The van der Waals surface area contributed by atoms with Crippen molar-refractivity contribution in [1.29, 1.82) is 0 Å². The number of para-hydroxylation sites is 1. The van der Waals surface area contributed by atoms with Gasteiger partial charge in [-0.1, -0.05) is 24.3 Å². The molecule has 0 aliphatic carbocycles. The van der Waals surface area contributed by atoms with Crippen molar-refractivity contribution >= 4 is 45.6 Å². The highest BCUT2D eigenvalue weighted by atomic mass is 32.1. The van der Waals surface area contributed by atoms with Gasteiger partial charge in [0.05, 0.1) is 37.3 Å². The van der Waals surface area contributed by atoms with Crippen LogP contribution in [0.15, 0.2) is 53.3 Å². The number of nitrogens with zero attached hydrogens (tertiary/aromatic N) is 1. The Balaban J connectivity index is 1.75. The summed E-state index contributed by atoms with van der Waals surface area (Å²) in [5.41, 5.74) is 1.72. The summed E-state index contributed by atoms with van der Waals surface area (Å²) in [6, 6.07) is 12.7. The van der Waals surface area contributed by atoms with Crippen LogP contribution in [0.25, 0.3) is 22.0 Å². The number of benzene rings is 2. The predicted octanol–water partition coefficient (Wildman–Crippen LogP) is 5.34. The lowest BCUT2D eigenvalue weighted by Gasteiger charge is -2.12. The minimum absolute atomic E-state index is 0.225. The minimum Gasteiger partial charge on any atom is -0.493 e. The van der Waals surface area contributed by atoms with Gasteiger partial charge in [-0.3, -0.25) is 14.2 Å². The zero-order chi connectivity index (χ0) is 24.4. The monoisotopic (exact) mass is 494 g/mol. The molecule has 0 spiro atoms. The number of H-pyrrole nitrogens is 1. The molecule has 0 amide bonds. The van der Waals surface area contributed by atoms with Crippen molar-refractivity contribution < 1.29 is 19.0 Å². The molecule has 0 fully saturated rings. The number of thiophene rings is 1. The van der Waals surface area contributed by atoms with Crippen LogP contribution in [-0.2, 0) is 0 Å². The van der Waals surface area contributed by atoms with Crippen molar-refractivity contribution in [3.8, 4) is 22.9 Å². The third-order valence-electron chi connectivity index (χ3n) is 5.34. The van der Waals surface area contributed by atoms with Gasteiger partial charge < -0.3 is 19.2 Å². The van der Waals surface area contributed by atoms with Crippen molar-refractivity contribution in [2.24, 2.45) is 0 Å². The van der Waals surface area contributed by atoms with Gasteiger partial charge in [0.25, 0.3) is 5.56 Å². The van der Waals surface area contributed by atoms with Crippen LogP contribution in [0.1, 0.15) is 20.8 Å². The zero-order valence-corrected chi connectivity index (χ0v) is 20.6. The predicted molar refractivity (Wildman–Crippen MR) is 137 cm³/mol. The van der Waals surface area contributed by atoms with Crippen molar-refractivity contribution in [2.45, 2.75) is 6.92 Å². The fourth-order valence-electron chi connectivity index (χ4n) is 3.71. The molecule has 4 aromatic rings. The normalized spacial score (nSPS) is 11.2. The first-order valence-corrected chi connectivity index (χ1v) is 11.5. The molecule has 9 heteroatoms. The number of hydrogen-bond acceptors (Lipinski definition) is 7. The summed E-state index contributed by atoms with van der Waals surface area (Å²) in [5.74, 6) is 1.22. The van der Waals surface area contributed by atoms with Gasteiger partial charge in [0.2, 0.25) is 5.75 Å². The highest BCUT2D eigenvalue weighted by molar-refractivity contribution is 7.71. The smallest absolute Gasteiger partial charge is 0.267 e. The summed E-state index contributed by atoms with van der Waals surface area (Å²) in [6.07, 6.45) is 3.13. The molecule has 2 aromatic heterocycles. The molecule has 7 nitrogen and oxygen atoms in total. The zero-order valence-electron chi connectivity index (χ0n) is 19.0. The first-order valence-electron chi connectivity index (χ1n) is 10.3. The SMILES string of the molecule is COc1cc(/C=C/C(=O)c2sc3[nH]c(=S)n(-c4ccccc4)c(=O)c3c2C)cc(OC)c1OC. The average molecular weight is 495 g/mol. The van der Waals surface area contributed by atoms with Gasteiger partial charge in [-0.25, -0.2) is 0 Å². The summed E-state index contributed by atoms with van der Waals surface area (Å²) < 4.78 is 17.8. The third-order valence-corrected chi connectivity index (χ3v) is 6.85. The summed E-state index contributed by atoms with van der Waals surface area (Å²) in [6.45, 7) is 1.77. The Labute approximate surface area is 204 Å². The van der Waals surface area contributed by atoms with E-state index in [1.165, 1.54) is 43.3 Å². The Morgan fingerprint density at radius 2 is 1.71 bits per heavy atom. The van der Waals surface area contributed by atoms with E-state index in [4.69, 9.17) is 26.4 Å². The molecule has 0 bridgehead atoms. The molecule has 0 radical (unpaired) electrons. The maximum absolute atomic E-state index is 13.3. The van der Waals surface area contributed by atoms with Crippen LogP contribution in [0.4, 0.5) is 0 Å². The molecule has 0 aliphatic heterocycles. The van der Waals surface area contributed by atoms with E-state index in [2.05, 4.69) is 4.98 Å². The Morgan fingerprint density at radius 1 is 1.06 bits per heavy atom. The summed E-state index contributed by atoms with van der Waals surface area (Å²) in [7, 11) is 4.59. The third kappa shape index (κ3) is 4.15. The number of carbonyl (C=O) groups excluding carboxylic acids is 1. The maximum atomic E-state index is 13.3. The lowest BCUT2D eigenvalue weighted by Crippen LogP contribution is -2.20. The lowest BCUT2D eigenvalue weighted by atomic mass is 10.1. The van der Waals surface area contributed by atoms with E-state index in [1.807, 2.05) is 30.3 Å². The molecule has 0 saturated heterocycles. The molecule has 0 atom stereocenters. The minimum atomic E-state index is -0.258. The number of aryl methyl sites for hydroxylation is 1. The van der Waals surface area contributed by atoms with E-state index in [9.17, 15) is 9.59 Å². The standard InChI is InChI=1S/C25H22N2O5S2/c1-14-20-23(26-25(33)27(24(20)29)16-8-6-5-7-9-16)34-22(14)17(28)11-10-15-12-18(30-2)21(32-4)19(13-15)31-3/h5-13H,1-4H3,(H,26,33)/b11-10+. The van der Waals surface area contributed by atoms with Crippen LogP contribution in [0.5, 0.6) is 17.2 Å². The van der Waals surface area contributed by atoms with Gasteiger partial charge in [-0.05, 0) is 60.6 Å². The molecular formula is C25H22N2O5S2. The van der Waals surface area contributed by atoms with E-state index < -0.39 is 0 Å². The van der Waals surface area contributed by atoms with E-state index in [0.29, 0.717) is 49.2 Å². The molecular weight excluding hydrogens is 472 g/mol. The molecule has 1 N–H and O–H groups in total. The summed E-state index contributed by atoms with van der Waals surface area (Å²) in [5, 5.41) is 0.451. The Kier molecular flexibility index (Phi) is 6.67. The Bertz CT molecular complexity index is 1510. The summed E-state index contributed by atoms with van der Waals surface area (Å²) in [4.78, 5) is 30.5. The molecule has 2 aromatic carbocycles. The molecule has 0 saturated carbocycles. The lowest BCUT2D eigenvalue weighted by molar-refractivity contribution is 0.105. The maximum Gasteiger partial charge on any atom is 0.267 e. The van der Waals surface area contributed by atoms with Gasteiger partial charge >= 0.3 is 0 Å². The fourth-order valence-corrected chi connectivity index (χ4v) is 5.18. The number of carbonyl (C=O) groups is 1. The van der Waals surface area contributed by atoms with Crippen molar-refractivity contribution in [1.82, 2.24) is 9.55 Å². The number of ketones is 1. The topological polar surface area (TPSA) is 82.6 Å². The van der Waals surface area contributed by atoms with Gasteiger partial charge in [0.1, 0.15) is 4.83 Å². The molecule has 4 rings (SSSR count). The van der Waals surface area contributed by atoms with Crippen LogP contribution in [0.3, 0.4) is 0 Å². The number of ether oxygens (including phenoxy) is 3. The van der Waals surface area contributed by atoms with Crippen molar-refractivity contribution in [2.75, 3.05) is 21.3 Å². The number of nitrogens with one attached hydrogen (secondary N) is 1. The summed E-state index contributed by atoms with van der Waals surface area (Å²) >= 11 is 6.65. The second kappa shape index (κ2) is 9.66. The number of fused-ring (bicyclic) bond motifs is 1. The number of hydrogen-bond donors (Lipinski definition) is 1. The van der Waals surface area contributed by atoms with Crippen LogP contribution in [0, 0.1) is 11.7 Å². The fraction of sp³-hybridized carbons (Fsp3) is 0.160. The van der Waals surface area contributed by atoms with E-state index in [1.54, 1.807) is 25.1 Å². The second-order valence-corrected chi connectivity index (χ2v) is 8.73. The molecule has 0 aliphatic rings. The largest absolute Gasteiger partial charge is 0.493 e. The Morgan fingerprint density at radius 3 is 2.29 bits per heavy atom. The van der Waals surface area contributed by atoms with Crippen LogP contribution in [0.2, 0.25) is 0 Å². The number of allylic oxidation sites excluding steroid dienone is 1. The average Bonchev–Trinajstić information content (AvgIpc) is 3.18. The molecule has 0 unspecified atom stereocenters. The van der Waals surface area contributed by atoms with Crippen LogP contribution >= 0.6 is 23.6 Å². The van der Waals surface area contributed by atoms with E-state index in [-0.39, 0.29) is 16.1 Å². The van der Waals surface area contributed by atoms with Gasteiger partial charge in [-0.2, -0.15) is 0 Å². The van der Waals surface area contributed by atoms with Crippen LogP contribution < -0.4 is 19.8 Å². The van der Waals surface area contributed by atoms with Gasteiger partial charge in [0.15, 0.2) is 22.1 Å². The van der Waals surface area contributed by atoms with E-state index in [0.717, 1.165) is 0 Å². The van der Waals surface area contributed by atoms with Gasteiger partial charge in [-0.15, -0.1) is 11.3 Å². The quantitative estimate of drug-likeness (QED) is 0.212. The first kappa shape index (κ1) is 23.5. The Hall–Kier alpha value is -3.69. The van der Waals surface area contributed by atoms with Crippen LogP contribution in [-0.4, -0.2) is 36.7 Å². The number of aromatic nitrogens is 2. The number of aromatic amines is 1. The van der Waals surface area contributed by atoms with Gasteiger partial charge in [0, 0.05) is 0 Å². The number of rotatable bonds is 7. The molecule has 174 valence electrons. The highest BCUT2D eigenvalue weighted by Crippen LogP contribution is 2.38. The van der Waals surface area contributed by atoms with Crippen molar-refractivity contribution in [3.05, 3.63) is 79.7 Å².